The minimum atomic E-state index is -4.54. The first-order valence-corrected chi connectivity index (χ1v) is 14.4. The van der Waals surface area contributed by atoms with Crippen molar-refractivity contribution in [3.63, 3.8) is 0 Å². The number of alkyl halides is 3. The number of aromatic nitrogens is 3. The van der Waals surface area contributed by atoms with E-state index in [1.165, 1.54) is 23.1 Å². The zero-order chi connectivity index (χ0) is 30.9. The molecule has 2 aromatic heterocycles. The van der Waals surface area contributed by atoms with Crippen LogP contribution in [0.5, 0.6) is 0 Å². The van der Waals surface area contributed by atoms with Crippen LogP contribution in [0.4, 0.5) is 23.7 Å². The van der Waals surface area contributed by atoms with Crippen LogP contribution in [0.25, 0.3) is 21.5 Å². The number of nitrogens with two attached hydrogens (primary N) is 2. The summed E-state index contributed by atoms with van der Waals surface area (Å²) in [4.78, 5) is 45.0. The number of rotatable bonds is 5. The highest BCUT2D eigenvalue weighted by atomic mass is 35.5. The molecule has 226 valence electrons. The topological polar surface area (TPSA) is 146 Å². The lowest BCUT2D eigenvalue weighted by molar-refractivity contribution is -0.134. The van der Waals surface area contributed by atoms with E-state index in [2.05, 4.69) is 9.97 Å². The number of cyclic esters (lactones) is 1. The van der Waals surface area contributed by atoms with Crippen LogP contribution in [0, 0.1) is 0 Å². The van der Waals surface area contributed by atoms with Gasteiger partial charge in [0.15, 0.2) is 0 Å². The Balaban J connectivity index is 0.000000308. The Morgan fingerprint density at radius 1 is 1.16 bits per heavy atom. The van der Waals surface area contributed by atoms with Gasteiger partial charge in [-0.3, -0.25) is 14.2 Å². The molecular formula is C28H26ClF3N6O4S. The minimum absolute atomic E-state index is 0.0327. The number of hydrogen-bond donors (Lipinski definition) is 2. The number of piperidine rings is 1. The van der Waals surface area contributed by atoms with Crippen molar-refractivity contribution >= 4 is 51.5 Å². The molecule has 2 fully saturated rings. The Morgan fingerprint density at radius 2 is 1.91 bits per heavy atom. The van der Waals surface area contributed by atoms with Gasteiger partial charge in [-0.15, -0.1) is 11.3 Å². The zero-order valence-electron chi connectivity index (χ0n) is 22.6. The van der Waals surface area contributed by atoms with E-state index in [4.69, 9.17) is 27.8 Å². The fourth-order valence-corrected chi connectivity index (χ4v) is 5.88. The van der Waals surface area contributed by atoms with Crippen LogP contribution in [0.2, 0.25) is 5.02 Å². The van der Waals surface area contributed by atoms with Gasteiger partial charge in [-0.25, -0.2) is 14.8 Å². The van der Waals surface area contributed by atoms with Crippen molar-refractivity contribution in [2.75, 3.05) is 18.9 Å². The van der Waals surface area contributed by atoms with E-state index in [1.807, 2.05) is 4.90 Å². The number of carbonyl (C=O) groups is 2. The number of amides is 2. The smallest absolute Gasteiger partial charge is 0.427 e. The highest BCUT2D eigenvalue weighted by Gasteiger charge is 2.34. The van der Waals surface area contributed by atoms with Gasteiger partial charge in [0, 0.05) is 22.8 Å². The first-order valence-electron chi connectivity index (χ1n) is 13.2. The Morgan fingerprint density at radius 3 is 2.56 bits per heavy atom. The van der Waals surface area contributed by atoms with Crippen LogP contribution in [0.3, 0.4) is 0 Å². The van der Waals surface area contributed by atoms with E-state index in [1.54, 1.807) is 24.3 Å². The molecule has 2 amide bonds. The van der Waals surface area contributed by atoms with Gasteiger partial charge in [0.2, 0.25) is 5.91 Å². The molecule has 15 heteroatoms. The molecule has 0 spiro atoms. The molecular weight excluding hydrogens is 609 g/mol. The van der Waals surface area contributed by atoms with Crippen LogP contribution in [-0.4, -0.2) is 50.6 Å². The van der Waals surface area contributed by atoms with Crippen LogP contribution in [-0.2, 0) is 28.7 Å². The highest BCUT2D eigenvalue weighted by molar-refractivity contribution is 7.15. The molecule has 2 aliphatic rings. The lowest BCUT2D eigenvalue weighted by Gasteiger charge is -2.25. The summed E-state index contributed by atoms with van der Waals surface area (Å²) in [6.07, 6.45) is -0.711. The summed E-state index contributed by atoms with van der Waals surface area (Å²) >= 11 is 6.34. The number of nitrogens with zero attached hydrogens (tertiary/aromatic N) is 4. The molecule has 0 radical (unpaired) electrons. The number of anilines is 1. The van der Waals surface area contributed by atoms with E-state index in [0.717, 1.165) is 31.1 Å². The average molecular weight is 635 g/mol. The molecule has 0 aliphatic carbocycles. The lowest BCUT2D eigenvalue weighted by atomic mass is 10.0. The minimum Gasteiger partial charge on any atom is -0.447 e. The third kappa shape index (κ3) is 6.75. The van der Waals surface area contributed by atoms with Crippen molar-refractivity contribution in [1.82, 2.24) is 19.4 Å². The number of hydrogen-bond acceptors (Lipinski definition) is 8. The second kappa shape index (κ2) is 12.2. The molecule has 2 aromatic carbocycles. The zero-order valence-corrected chi connectivity index (χ0v) is 24.1. The molecule has 1 unspecified atom stereocenters. The van der Waals surface area contributed by atoms with Crippen molar-refractivity contribution in [3.8, 4) is 10.6 Å². The van der Waals surface area contributed by atoms with Crippen molar-refractivity contribution < 1.29 is 27.5 Å². The van der Waals surface area contributed by atoms with Crippen LogP contribution < -0.4 is 17.0 Å². The second-order valence-corrected chi connectivity index (χ2v) is 11.6. The summed E-state index contributed by atoms with van der Waals surface area (Å²) in [6.45, 7) is 1.63. The number of thiazole rings is 1. The van der Waals surface area contributed by atoms with E-state index in [-0.39, 0.29) is 52.0 Å². The van der Waals surface area contributed by atoms with Gasteiger partial charge < -0.3 is 21.1 Å². The fourth-order valence-electron chi connectivity index (χ4n) is 4.94. The largest absolute Gasteiger partial charge is 0.447 e. The SMILES string of the molecule is NC(=O)Cc1nc2cc(-c3ncc(C(F)(F)F)s3)c(N)cc2c(=O)n1Cc1ccc(Cl)cc1.O=C1OCC2CCCCN12. The number of benzene rings is 2. The highest BCUT2D eigenvalue weighted by Crippen LogP contribution is 2.39. The maximum Gasteiger partial charge on any atom is 0.427 e. The molecule has 6 rings (SSSR count). The summed E-state index contributed by atoms with van der Waals surface area (Å²) in [6, 6.07) is 9.93. The van der Waals surface area contributed by atoms with Gasteiger partial charge >= 0.3 is 12.3 Å². The molecule has 0 saturated carbocycles. The quantitative estimate of drug-likeness (QED) is 0.299. The van der Waals surface area contributed by atoms with Gasteiger partial charge in [-0.1, -0.05) is 23.7 Å². The summed E-state index contributed by atoms with van der Waals surface area (Å²) in [5, 5.41) is 0.701. The summed E-state index contributed by atoms with van der Waals surface area (Å²) in [5.41, 5.74) is 12.1. The Hall–Kier alpha value is -4.17. The third-order valence-electron chi connectivity index (χ3n) is 7.07. The number of carbonyl (C=O) groups excluding carboxylic acids is 2. The van der Waals surface area contributed by atoms with Gasteiger partial charge in [-0.05, 0) is 49.1 Å². The predicted molar refractivity (Wildman–Crippen MR) is 156 cm³/mol. The molecule has 0 bridgehead atoms. The molecule has 43 heavy (non-hydrogen) atoms. The molecule has 4 N–H and O–H groups in total. The molecule has 4 aromatic rings. The first-order chi connectivity index (χ1) is 20.4. The van der Waals surface area contributed by atoms with Crippen molar-refractivity contribution in [1.29, 1.82) is 0 Å². The van der Waals surface area contributed by atoms with E-state index >= 15 is 0 Å². The van der Waals surface area contributed by atoms with Gasteiger partial charge in [0.25, 0.3) is 5.56 Å². The van der Waals surface area contributed by atoms with Gasteiger partial charge in [0.1, 0.15) is 22.3 Å². The molecule has 4 heterocycles. The van der Waals surface area contributed by atoms with E-state index in [9.17, 15) is 27.6 Å². The maximum atomic E-state index is 13.3. The van der Waals surface area contributed by atoms with Gasteiger partial charge in [0.05, 0.1) is 36.1 Å². The molecule has 1 atom stereocenters. The Labute approximate surface area is 252 Å². The normalized spacial score (nSPS) is 16.4. The summed E-state index contributed by atoms with van der Waals surface area (Å²) in [7, 11) is 0. The number of ether oxygens (including phenoxy) is 1. The van der Waals surface area contributed by atoms with Gasteiger partial charge in [-0.2, -0.15) is 13.2 Å². The lowest BCUT2D eigenvalue weighted by Crippen LogP contribution is -2.37. The average Bonchev–Trinajstić information content (AvgIpc) is 3.60. The van der Waals surface area contributed by atoms with Crippen LogP contribution in [0.1, 0.15) is 35.5 Å². The third-order valence-corrected chi connectivity index (χ3v) is 8.39. The second-order valence-electron chi connectivity index (χ2n) is 10.1. The maximum absolute atomic E-state index is 13.3. The van der Waals surface area contributed by atoms with Crippen molar-refractivity contribution in [3.05, 3.63) is 74.2 Å². The van der Waals surface area contributed by atoms with Crippen molar-refractivity contribution in [2.24, 2.45) is 5.73 Å². The van der Waals surface area contributed by atoms with E-state index < -0.39 is 22.5 Å². The molecule has 10 nitrogen and oxygen atoms in total. The van der Waals surface area contributed by atoms with Crippen molar-refractivity contribution in [2.45, 2.75) is 44.4 Å². The number of halogens is 4. The Kier molecular flexibility index (Phi) is 8.60. The number of fused-ring (bicyclic) bond motifs is 2. The monoisotopic (exact) mass is 634 g/mol. The Bertz CT molecular complexity index is 1740. The number of primary amides is 1. The molecule has 2 saturated heterocycles. The summed E-state index contributed by atoms with van der Waals surface area (Å²) in [5.74, 6) is -0.586. The number of nitrogen functional groups attached to an aromatic ring is 1. The molecule has 2 aliphatic heterocycles. The fraction of sp³-hybridized carbons (Fsp3) is 0.321. The van der Waals surface area contributed by atoms with Crippen LogP contribution in [0.15, 0.2) is 47.4 Å². The van der Waals surface area contributed by atoms with E-state index in [0.29, 0.717) is 29.0 Å². The standard InChI is InChI=1S/C21H15ClF3N5O2S.C7H11NO2/c22-11-3-1-10(2-4-11)9-30-18(7-17(27)31)29-15-6-12(14(26)5-13(15)20(30)32)19-28-8-16(33-19)21(23,24)25;9-7-8-4-2-1-3-6(8)5-10-7/h1-6,8H,7,9,26H2,(H2,27,31);6H,1-5H2. The summed E-state index contributed by atoms with van der Waals surface area (Å²) < 4.78 is 45.1. The van der Waals surface area contributed by atoms with Crippen LogP contribution >= 0.6 is 22.9 Å². The predicted octanol–water partition coefficient (Wildman–Crippen LogP) is 4.84. The first kappa shape index (κ1) is 30.3.